The summed E-state index contributed by atoms with van der Waals surface area (Å²) >= 11 is 6.08. The van der Waals surface area contributed by atoms with Gasteiger partial charge in [0.2, 0.25) is 0 Å². The summed E-state index contributed by atoms with van der Waals surface area (Å²) in [6.45, 7) is 1.93. The lowest BCUT2D eigenvalue weighted by Gasteiger charge is -2.07. The molecule has 0 radical (unpaired) electrons. The summed E-state index contributed by atoms with van der Waals surface area (Å²) < 4.78 is 33.3. The zero-order valence-corrected chi connectivity index (χ0v) is 15.6. The Morgan fingerprint density at radius 3 is 2.74 bits per heavy atom. The number of hydrogen-bond acceptors (Lipinski definition) is 3. The van der Waals surface area contributed by atoms with Gasteiger partial charge in [-0.1, -0.05) is 35.8 Å². The maximum Gasteiger partial charge on any atom is 0.170 e. The van der Waals surface area contributed by atoms with E-state index in [0.29, 0.717) is 5.69 Å². The first kappa shape index (κ1) is 13.2. The fraction of sp³-hybridized carbons (Fsp3) is 0.136. The predicted molar refractivity (Wildman–Crippen MR) is 108 cm³/mol. The number of fused-ring (bicyclic) bond motifs is 1. The summed E-state index contributed by atoms with van der Waals surface area (Å²) in [6, 6.07) is 5.94. The molecular weight excluding hydrogens is 358 g/mol. The van der Waals surface area contributed by atoms with Gasteiger partial charge in [-0.2, -0.15) is 0 Å². The van der Waals surface area contributed by atoms with Crippen LogP contribution in [0.15, 0.2) is 60.8 Å². The van der Waals surface area contributed by atoms with E-state index in [1.165, 1.54) is 0 Å². The summed E-state index contributed by atoms with van der Waals surface area (Å²) in [5.41, 5.74) is 2.23. The average molecular weight is 380 g/mol. The van der Waals surface area contributed by atoms with Gasteiger partial charge in [-0.3, -0.25) is 9.78 Å². The topological polar surface area (TPSA) is 47.8 Å². The second-order valence-electron chi connectivity index (χ2n) is 6.28. The van der Waals surface area contributed by atoms with Crippen molar-refractivity contribution in [2.45, 2.75) is 13.3 Å². The monoisotopic (exact) mass is 379 g/mol. The van der Waals surface area contributed by atoms with Gasteiger partial charge in [0.05, 0.1) is 28.8 Å². The highest BCUT2D eigenvalue weighted by Gasteiger charge is 2.12. The Kier molecular flexibility index (Phi) is 3.41. The van der Waals surface area contributed by atoms with Gasteiger partial charge in [-0.05, 0) is 36.5 Å². The summed E-state index contributed by atoms with van der Waals surface area (Å²) in [7, 11) is 1.95. The fourth-order valence-corrected chi connectivity index (χ4v) is 3.15. The molecule has 0 bridgehead atoms. The van der Waals surface area contributed by atoms with Crippen LogP contribution < -0.4 is 0 Å². The number of carbonyl (C=O) groups excluding carboxylic acids is 1. The second kappa shape index (κ2) is 6.97. The number of pyridine rings is 1. The Balaban J connectivity index is 1.71. The highest BCUT2D eigenvalue weighted by molar-refractivity contribution is 6.34. The average Bonchev–Trinajstić information content (AvgIpc) is 3.09. The Morgan fingerprint density at radius 1 is 1.15 bits per heavy atom. The number of Topliss-reactive ketones (excluding diaryl/α,β-unsaturated/α-hetero) is 1. The van der Waals surface area contributed by atoms with Crippen molar-refractivity contribution in [1.29, 1.82) is 0 Å². The third kappa shape index (κ3) is 3.36. The summed E-state index contributed by atoms with van der Waals surface area (Å²) in [5.74, 6) is 0.391. The van der Waals surface area contributed by atoms with Crippen LogP contribution in [-0.2, 0) is 13.5 Å². The number of nitrogens with zero attached hydrogens (tertiary/aromatic N) is 3. The molecule has 0 saturated carbocycles. The third-order valence-corrected chi connectivity index (χ3v) is 4.84. The van der Waals surface area contributed by atoms with Crippen molar-refractivity contribution in [2.24, 2.45) is 7.05 Å². The molecule has 4 aromatic rings. The number of aromatic nitrogens is 3. The number of aryl methyl sites for hydroxylation is 1. The lowest BCUT2D eigenvalue weighted by atomic mass is 10.0. The van der Waals surface area contributed by atoms with E-state index in [0.717, 1.165) is 27.9 Å². The molecule has 0 atom stereocenters. The van der Waals surface area contributed by atoms with Gasteiger partial charge in [0.25, 0.3) is 0 Å². The van der Waals surface area contributed by atoms with Crippen LogP contribution in [0.2, 0.25) is 5.02 Å². The quantitative estimate of drug-likeness (QED) is 0.467. The second-order valence-corrected chi connectivity index (χ2v) is 6.65. The van der Waals surface area contributed by atoms with E-state index in [4.69, 9.17) is 17.1 Å². The molecule has 27 heavy (non-hydrogen) atoms. The van der Waals surface area contributed by atoms with E-state index < -0.39 is 30.0 Å². The van der Waals surface area contributed by atoms with E-state index in [9.17, 15) is 4.79 Å². The van der Waals surface area contributed by atoms with E-state index in [-0.39, 0.29) is 17.0 Å². The Hall–Kier alpha value is -2.98. The molecule has 5 heteroatoms. The van der Waals surface area contributed by atoms with Gasteiger partial charge in [0.1, 0.15) is 5.82 Å². The maximum atomic E-state index is 12.9. The van der Waals surface area contributed by atoms with E-state index >= 15 is 0 Å². The van der Waals surface area contributed by atoms with Gasteiger partial charge in [0, 0.05) is 35.5 Å². The molecule has 0 aliphatic carbocycles. The summed E-state index contributed by atoms with van der Waals surface area (Å²) in [6.07, 6.45) is 3.36. The zero-order chi connectivity index (χ0) is 22.4. The van der Waals surface area contributed by atoms with Gasteiger partial charge < -0.3 is 4.57 Å². The van der Waals surface area contributed by atoms with Crippen LogP contribution in [0.1, 0.15) is 27.4 Å². The molecule has 0 fully saturated rings. The number of imidazole rings is 1. The summed E-state index contributed by atoms with van der Waals surface area (Å²) in [4.78, 5) is 21.5. The largest absolute Gasteiger partial charge is 0.331 e. The van der Waals surface area contributed by atoms with Crippen molar-refractivity contribution in [3.05, 3.63) is 82.9 Å². The van der Waals surface area contributed by atoms with Crippen molar-refractivity contribution < 1.29 is 10.3 Å². The lowest BCUT2D eigenvalue weighted by Crippen LogP contribution is -2.05. The molecule has 0 spiro atoms. The fourth-order valence-electron chi connectivity index (χ4n) is 2.96. The van der Waals surface area contributed by atoms with Gasteiger partial charge >= 0.3 is 0 Å². The van der Waals surface area contributed by atoms with Crippen molar-refractivity contribution in [2.75, 3.05) is 0 Å². The first-order chi connectivity index (χ1) is 14.7. The molecule has 2 aromatic carbocycles. The van der Waals surface area contributed by atoms with Gasteiger partial charge in [0.15, 0.2) is 5.78 Å². The lowest BCUT2D eigenvalue weighted by molar-refractivity contribution is 0.0992. The van der Waals surface area contributed by atoms with Crippen molar-refractivity contribution >= 4 is 28.2 Å². The maximum absolute atomic E-state index is 12.9. The molecule has 4 rings (SSSR count). The molecular formula is C22H18ClN3O. The van der Waals surface area contributed by atoms with Crippen LogP contribution in [0, 0.1) is 6.92 Å². The SMILES string of the molecule is [2H]c1c([2H])c([2H])c(C(=O)Cc2cc3cc(-c4cnc(C)n4C)ccc3cn2)c(Cl)c1[2H]. The number of benzene rings is 2. The number of ketones is 1. The van der Waals surface area contributed by atoms with Crippen LogP contribution in [0.3, 0.4) is 0 Å². The minimum absolute atomic E-state index is 0.132. The molecule has 134 valence electrons. The van der Waals surface area contributed by atoms with Crippen molar-refractivity contribution in [3.63, 3.8) is 0 Å². The van der Waals surface area contributed by atoms with Crippen LogP contribution >= 0.6 is 11.6 Å². The van der Waals surface area contributed by atoms with Crippen LogP contribution in [0.5, 0.6) is 0 Å². The van der Waals surface area contributed by atoms with E-state index in [1.807, 2.05) is 42.9 Å². The summed E-state index contributed by atoms with van der Waals surface area (Å²) in [5, 5.41) is 1.54. The molecule has 0 aliphatic heterocycles. The Labute approximate surface area is 168 Å². The smallest absolute Gasteiger partial charge is 0.170 e. The molecule has 0 aliphatic rings. The standard InChI is InChI=1S/C22H18ClN3O/c1-14-24-13-21(26(14)2)15-7-8-16-12-25-18(10-17(16)9-15)11-22(27)19-5-3-4-6-20(19)23/h3-10,12-13H,11H2,1-2H3/i3D,4D,5D,6D. The predicted octanol–water partition coefficient (Wildman–Crippen LogP) is 5.02. The molecule has 0 saturated heterocycles. The number of carbonyl (C=O) groups is 1. The Bertz CT molecular complexity index is 1340. The zero-order valence-electron chi connectivity index (χ0n) is 18.8. The normalized spacial score (nSPS) is 13.1. The van der Waals surface area contributed by atoms with Crippen molar-refractivity contribution in [3.8, 4) is 11.3 Å². The number of rotatable bonds is 4. The minimum Gasteiger partial charge on any atom is -0.331 e. The van der Waals surface area contributed by atoms with E-state index in [1.54, 1.807) is 12.3 Å². The first-order valence-electron chi connectivity index (χ1n) is 10.4. The highest BCUT2D eigenvalue weighted by atomic mass is 35.5. The van der Waals surface area contributed by atoms with Crippen LogP contribution in [0.4, 0.5) is 0 Å². The van der Waals surface area contributed by atoms with E-state index in [2.05, 4.69) is 9.97 Å². The van der Waals surface area contributed by atoms with Gasteiger partial charge in [-0.25, -0.2) is 4.98 Å². The molecule has 4 nitrogen and oxygen atoms in total. The highest BCUT2D eigenvalue weighted by Crippen LogP contribution is 2.25. The van der Waals surface area contributed by atoms with Crippen LogP contribution in [-0.4, -0.2) is 20.3 Å². The molecule has 2 aromatic heterocycles. The third-order valence-electron chi connectivity index (χ3n) is 4.56. The number of hydrogen-bond donors (Lipinski definition) is 0. The van der Waals surface area contributed by atoms with Gasteiger partial charge in [-0.15, -0.1) is 0 Å². The molecule has 0 amide bonds. The van der Waals surface area contributed by atoms with Crippen LogP contribution in [0.25, 0.3) is 22.0 Å². The minimum atomic E-state index is -0.512. The Morgan fingerprint density at radius 2 is 1.96 bits per heavy atom. The number of halogens is 1. The molecule has 2 heterocycles. The first-order valence-corrected chi connectivity index (χ1v) is 8.73. The molecule has 0 unspecified atom stereocenters. The van der Waals surface area contributed by atoms with Crippen molar-refractivity contribution in [1.82, 2.24) is 14.5 Å². The molecule has 0 N–H and O–H groups in total.